The molecule has 0 spiro atoms. The first kappa shape index (κ1) is 18.5. The number of carbonyl (C=O) groups excluding carboxylic acids is 1. The number of unbranched alkanes of at least 4 members (excludes halogenated alkanes) is 1. The summed E-state index contributed by atoms with van der Waals surface area (Å²) in [6.07, 6.45) is 2.22. The lowest BCUT2D eigenvalue weighted by molar-refractivity contribution is -0.117. The van der Waals surface area contributed by atoms with Crippen LogP contribution < -0.4 is 4.90 Å². The van der Waals surface area contributed by atoms with Gasteiger partial charge < -0.3 is 4.90 Å². The minimum Gasteiger partial charge on any atom is -0.316 e. The topological polar surface area (TPSA) is 66.8 Å². The molecule has 0 aliphatic carbocycles. The highest BCUT2D eigenvalue weighted by molar-refractivity contribution is 8.16. The van der Waals surface area contributed by atoms with Crippen LogP contribution in [-0.4, -0.2) is 42.3 Å². The van der Waals surface area contributed by atoms with E-state index in [1.54, 1.807) is 0 Å². The van der Waals surface area contributed by atoms with Gasteiger partial charge in [0.05, 0.1) is 17.5 Å². The highest BCUT2D eigenvalue weighted by Crippen LogP contribution is 2.41. The van der Waals surface area contributed by atoms with Gasteiger partial charge in [0.2, 0.25) is 5.91 Å². The van der Waals surface area contributed by atoms with E-state index in [4.69, 9.17) is 0 Å². The Labute approximate surface area is 153 Å². The van der Waals surface area contributed by atoms with E-state index in [1.165, 1.54) is 11.8 Å². The molecule has 1 aromatic rings. The fourth-order valence-electron chi connectivity index (χ4n) is 3.45. The predicted octanol–water partition coefficient (Wildman–Crippen LogP) is 3.10. The smallest absolute Gasteiger partial charge is 0.248 e. The van der Waals surface area contributed by atoms with Crippen molar-refractivity contribution in [1.82, 2.24) is 0 Å². The van der Waals surface area contributed by atoms with Crippen molar-refractivity contribution in [3.8, 4) is 0 Å². The van der Waals surface area contributed by atoms with Gasteiger partial charge in [-0.2, -0.15) is 4.99 Å². The zero-order valence-electron chi connectivity index (χ0n) is 14.9. The van der Waals surface area contributed by atoms with Gasteiger partial charge in [-0.3, -0.25) is 4.79 Å². The van der Waals surface area contributed by atoms with Crippen LogP contribution >= 0.6 is 11.8 Å². The van der Waals surface area contributed by atoms with Gasteiger partial charge in [0.15, 0.2) is 15.0 Å². The number of anilines is 1. The van der Waals surface area contributed by atoms with E-state index in [9.17, 15) is 13.2 Å². The maximum Gasteiger partial charge on any atom is 0.248 e. The van der Waals surface area contributed by atoms with Crippen molar-refractivity contribution < 1.29 is 13.2 Å². The lowest BCUT2D eigenvalue weighted by Crippen LogP contribution is -2.37. The number of nitrogens with zero attached hydrogens (tertiary/aromatic N) is 2. The quantitative estimate of drug-likeness (QED) is 0.803. The summed E-state index contributed by atoms with van der Waals surface area (Å²) < 4.78 is 24.2. The molecule has 2 saturated heterocycles. The highest BCUT2D eigenvalue weighted by Gasteiger charge is 2.49. The van der Waals surface area contributed by atoms with E-state index >= 15 is 0 Å². The SMILES string of the molecule is CCCCC(=O)N=C1S[C@@H]2CS(=O)(=O)C[C@H]2N1c1cc(C)cc(C)c1. The molecule has 1 amide bonds. The van der Waals surface area contributed by atoms with Gasteiger partial charge in [-0.05, 0) is 43.5 Å². The summed E-state index contributed by atoms with van der Waals surface area (Å²) in [6, 6.07) is 6.01. The summed E-state index contributed by atoms with van der Waals surface area (Å²) >= 11 is 1.44. The van der Waals surface area contributed by atoms with Crippen LogP contribution in [0.15, 0.2) is 23.2 Å². The molecule has 2 fully saturated rings. The van der Waals surface area contributed by atoms with Gasteiger partial charge in [0.25, 0.3) is 0 Å². The second-order valence-corrected chi connectivity index (χ2v) is 10.3. The molecule has 0 unspecified atom stereocenters. The van der Waals surface area contributed by atoms with Gasteiger partial charge in [-0.25, -0.2) is 8.42 Å². The van der Waals surface area contributed by atoms with Gasteiger partial charge in [0.1, 0.15) is 0 Å². The lowest BCUT2D eigenvalue weighted by atomic mass is 10.1. The van der Waals surface area contributed by atoms with Crippen LogP contribution in [0.3, 0.4) is 0 Å². The Morgan fingerprint density at radius 2 is 1.92 bits per heavy atom. The van der Waals surface area contributed by atoms with Crippen LogP contribution in [0.4, 0.5) is 5.69 Å². The molecule has 5 nitrogen and oxygen atoms in total. The fourth-order valence-corrected chi connectivity index (χ4v) is 7.38. The largest absolute Gasteiger partial charge is 0.316 e. The van der Waals surface area contributed by atoms with Crippen molar-refractivity contribution in [2.75, 3.05) is 16.4 Å². The first-order valence-corrected chi connectivity index (χ1v) is 11.4. The third kappa shape index (κ3) is 4.08. The zero-order valence-corrected chi connectivity index (χ0v) is 16.5. The molecule has 25 heavy (non-hydrogen) atoms. The first-order chi connectivity index (χ1) is 11.8. The van der Waals surface area contributed by atoms with Crippen molar-refractivity contribution in [3.63, 3.8) is 0 Å². The summed E-state index contributed by atoms with van der Waals surface area (Å²) in [6.45, 7) is 6.08. The second kappa shape index (κ2) is 7.11. The lowest BCUT2D eigenvalue weighted by Gasteiger charge is -2.25. The molecule has 2 heterocycles. The summed E-state index contributed by atoms with van der Waals surface area (Å²) in [5.41, 5.74) is 3.15. The molecule has 0 aromatic heterocycles. The van der Waals surface area contributed by atoms with Crippen molar-refractivity contribution >= 4 is 38.4 Å². The molecule has 0 radical (unpaired) electrons. The Morgan fingerprint density at radius 3 is 2.56 bits per heavy atom. The Bertz CT molecular complexity index is 797. The summed E-state index contributed by atoms with van der Waals surface area (Å²) in [4.78, 5) is 18.5. The molecular weight excluding hydrogens is 356 g/mol. The summed E-state index contributed by atoms with van der Waals surface area (Å²) in [7, 11) is -3.04. The number of fused-ring (bicyclic) bond motifs is 1. The molecule has 1 aromatic carbocycles. The van der Waals surface area contributed by atoms with Crippen LogP contribution in [0.25, 0.3) is 0 Å². The van der Waals surface area contributed by atoms with E-state index < -0.39 is 9.84 Å². The third-order valence-corrected chi connectivity index (χ3v) is 7.73. The van der Waals surface area contributed by atoms with Crippen molar-refractivity contribution in [1.29, 1.82) is 0 Å². The van der Waals surface area contributed by atoms with Crippen molar-refractivity contribution in [3.05, 3.63) is 29.3 Å². The molecular formula is C18H24N2O3S2. The van der Waals surface area contributed by atoms with Crippen molar-refractivity contribution in [2.24, 2.45) is 4.99 Å². The van der Waals surface area contributed by atoms with Crippen LogP contribution in [0.5, 0.6) is 0 Å². The number of hydrogen-bond donors (Lipinski definition) is 0. The first-order valence-electron chi connectivity index (χ1n) is 8.65. The number of sulfone groups is 1. The molecule has 3 rings (SSSR count). The van der Waals surface area contributed by atoms with E-state index in [2.05, 4.69) is 11.1 Å². The average Bonchev–Trinajstić information content (AvgIpc) is 2.94. The standard InChI is InChI=1S/C18H24N2O3S2/c1-4-5-6-17(21)19-18-20(14-8-12(2)7-13(3)9-14)15-10-25(22,23)11-16(15)24-18/h7-9,15-16H,4-6,10-11H2,1-3H3/t15-,16-/m1/s1. The van der Waals surface area contributed by atoms with Gasteiger partial charge in [0, 0.05) is 17.4 Å². The second-order valence-electron chi connectivity index (χ2n) is 6.91. The number of thioether (sulfide) groups is 1. The van der Waals surface area contributed by atoms with Crippen molar-refractivity contribution in [2.45, 2.75) is 51.3 Å². The highest BCUT2D eigenvalue weighted by atomic mass is 32.2. The normalized spacial score (nSPS) is 26.2. The number of benzene rings is 1. The minimum atomic E-state index is -3.04. The van der Waals surface area contributed by atoms with Gasteiger partial charge in [-0.15, -0.1) is 0 Å². The molecule has 2 aliphatic rings. The zero-order chi connectivity index (χ0) is 18.2. The van der Waals surface area contributed by atoms with E-state index in [0.717, 1.165) is 29.7 Å². The Kier molecular flexibility index (Phi) is 5.25. The number of carbonyl (C=O) groups is 1. The average molecular weight is 381 g/mol. The van der Waals surface area contributed by atoms with Crippen LogP contribution in [0, 0.1) is 13.8 Å². The monoisotopic (exact) mass is 380 g/mol. The number of hydrogen-bond acceptors (Lipinski definition) is 4. The van der Waals surface area contributed by atoms with Crippen LogP contribution in [-0.2, 0) is 14.6 Å². The molecule has 7 heteroatoms. The van der Waals surface area contributed by atoms with Crippen LogP contribution in [0.2, 0.25) is 0 Å². The minimum absolute atomic E-state index is 0.0523. The Morgan fingerprint density at radius 1 is 1.24 bits per heavy atom. The molecule has 0 bridgehead atoms. The Hall–Kier alpha value is -1.34. The summed E-state index contributed by atoms with van der Waals surface area (Å²) in [5, 5.41) is 0.597. The molecule has 2 atom stereocenters. The van der Waals surface area contributed by atoms with E-state index in [1.807, 2.05) is 37.8 Å². The van der Waals surface area contributed by atoms with Crippen LogP contribution in [0.1, 0.15) is 37.3 Å². The number of rotatable bonds is 4. The van der Waals surface area contributed by atoms with Gasteiger partial charge in [-0.1, -0.05) is 31.2 Å². The van der Waals surface area contributed by atoms with E-state index in [0.29, 0.717) is 11.6 Å². The number of amidine groups is 1. The maximum absolute atomic E-state index is 12.2. The predicted molar refractivity (Wildman–Crippen MR) is 104 cm³/mol. The van der Waals surface area contributed by atoms with Gasteiger partial charge >= 0.3 is 0 Å². The number of aryl methyl sites for hydroxylation is 2. The van der Waals surface area contributed by atoms with E-state index in [-0.39, 0.29) is 28.7 Å². The Balaban J connectivity index is 1.98. The fraction of sp³-hybridized carbons (Fsp3) is 0.556. The molecule has 136 valence electrons. The number of aliphatic imine (C=N–C) groups is 1. The molecule has 0 N–H and O–H groups in total. The maximum atomic E-state index is 12.2. The molecule has 0 saturated carbocycles. The molecule has 2 aliphatic heterocycles. The third-order valence-electron chi connectivity index (χ3n) is 4.52. The summed E-state index contributed by atoms with van der Waals surface area (Å²) in [5.74, 6) is 0.160. The number of amides is 1.